The van der Waals surface area contributed by atoms with Crippen LogP contribution in [0.4, 0.5) is 0 Å². The first-order chi connectivity index (χ1) is 10.4. The molecular formula is C15H12N4OS. The Labute approximate surface area is 126 Å². The van der Waals surface area contributed by atoms with Crippen LogP contribution in [-0.4, -0.2) is 17.6 Å². The molecule has 0 bridgehead atoms. The van der Waals surface area contributed by atoms with Crippen molar-refractivity contribution in [1.82, 2.24) is 5.43 Å². The molecule has 0 aromatic heterocycles. The second kappa shape index (κ2) is 6.71. The number of hydrogen-bond donors (Lipinski definition) is 1. The van der Waals surface area contributed by atoms with E-state index in [0.717, 1.165) is 16.9 Å². The number of rotatable bonds is 2. The highest BCUT2D eigenvalue weighted by Crippen LogP contribution is 2.19. The molecule has 0 amide bonds. The third-order valence-corrected chi connectivity index (χ3v) is 3.33. The highest BCUT2D eigenvalue weighted by atomic mass is 32.2. The lowest BCUT2D eigenvalue weighted by Crippen LogP contribution is -2.09. The fourth-order valence-electron chi connectivity index (χ4n) is 1.82. The molecule has 0 aromatic carbocycles. The molecule has 5 nitrogen and oxygen atoms in total. The molecule has 0 atom stereocenters. The zero-order chi connectivity index (χ0) is 14.3. The number of allylic oxidation sites excluding steroid dienone is 9. The van der Waals surface area contributed by atoms with Crippen LogP contribution in [0.25, 0.3) is 0 Å². The number of nitrogens with zero attached hydrogens (tertiary/aromatic N) is 3. The number of hydrogen-bond acceptors (Lipinski definition) is 6. The zero-order valence-corrected chi connectivity index (χ0v) is 11.8. The molecule has 3 heterocycles. The summed E-state index contributed by atoms with van der Waals surface area (Å²) in [7, 11) is 0. The van der Waals surface area contributed by atoms with Crippen LogP contribution in [-0.2, 0) is 4.84 Å². The zero-order valence-electron chi connectivity index (χ0n) is 11.0. The van der Waals surface area contributed by atoms with Crippen molar-refractivity contribution in [3.05, 3.63) is 71.5 Å². The van der Waals surface area contributed by atoms with E-state index in [0.29, 0.717) is 5.71 Å². The van der Waals surface area contributed by atoms with Gasteiger partial charge in [0.15, 0.2) is 0 Å². The fraction of sp³-hybridized carbons (Fsp3) is 0. The smallest absolute Gasteiger partial charge is 0.122 e. The van der Waals surface area contributed by atoms with Gasteiger partial charge in [-0.25, -0.2) is 4.40 Å². The van der Waals surface area contributed by atoms with Gasteiger partial charge in [0, 0.05) is 29.3 Å². The van der Waals surface area contributed by atoms with Gasteiger partial charge in [-0.1, -0.05) is 23.4 Å². The van der Waals surface area contributed by atoms with Crippen LogP contribution in [0.2, 0.25) is 0 Å². The first kappa shape index (κ1) is 13.4. The Hall–Kier alpha value is -2.60. The minimum absolute atomic E-state index is 0.686. The van der Waals surface area contributed by atoms with E-state index in [1.54, 1.807) is 18.5 Å². The van der Waals surface area contributed by atoms with E-state index in [1.165, 1.54) is 18.2 Å². The summed E-state index contributed by atoms with van der Waals surface area (Å²) in [6.45, 7) is 0. The summed E-state index contributed by atoms with van der Waals surface area (Å²) in [5.74, 6) is 0. The third-order valence-electron chi connectivity index (χ3n) is 2.75. The van der Waals surface area contributed by atoms with Gasteiger partial charge in [-0.05, 0) is 29.7 Å². The number of nitrogens with one attached hydrogen (secondary N) is 1. The second-order valence-electron chi connectivity index (χ2n) is 4.09. The Balaban J connectivity index is 2.08. The van der Waals surface area contributed by atoms with E-state index >= 15 is 0 Å². The molecule has 0 saturated heterocycles. The Morgan fingerprint density at radius 2 is 1.86 bits per heavy atom. The van der Waals surface area contributed by atoms with Gasteiger partial charge in [0.2, 0.25) is 0 Å². The van der Waals surface area contributed by atoms with Crippen LogP contribution < -0.4 is 5.43 Å². The van der Waals surface area contributed by atoms with Crippen LogP contribution in [0.3, 0.4) is 0 Å². The third kappa shape index (κ3) is 3.29. The molecule has 0 aliphatic carbocycles. The molecule has 6 heteroatoms. The van der Waals surface area contributed by atoms with Gasteiger partial charge in [0.25, 0.3) is 0 Å². The summed E-state index contributed by atoms with van der Waals surface area (Å²) in [6, 6.07) is 0. The molecule has 0 unspecified atom stereocenters. The predicted molar refractivity (Wildman–Crippen MR) is 87.9 cm³/mol. The maximum Gasteiger partial charge on any atom is 0.122 e. The van der Waals surface area contributed by atoms with Gasteiger partial charge in [0.05, 0.1) is 11.9 Å². The predicted octanol–water partition coefficient (Wildman–Crippen LogP) is 3.01. The van der Waals surface area contributed by atoms with Crippen molar-refractivity contribution in [2.24, 2.45) is 14.7 Å². The van der Waals surface area contributed by atoms with Gasteiger partial charge < -0.3 is 4.84 Å². The highest BCUT2D eigenvalue weighted by Gasteiger charge is 2.15. The van der Waals surface area contributed by atoms with Crippen molar-refractivity contribution in [3.8, 4) is 0 Å². The SMILES string of the molecule is C1=CON=C(C2=C(C3=NSC=CC=C3)C=CNN=C2)C=C1. The van der Waals surface area contributed by atoms with E-state index in [1.807, 2.05) is 41.9 Å². The monoisotopic (exact) mass is 296 g/mol. The van der Waals surface area contributed by atoms with Gasteiger partial charge >= 0.3 is 0 Å². The molecule has 0 saturated carbocycles. The fourth-order valence-corrected chi connectivity index (χ4v) is 2.31. The number of oxime groups is 1. The van der Waals surface area contributed by atoms with Crippen molar-refractivity contribution in [2.75, 3.05) is 0 Å². The standard InChI is InChI=1S/C15H12N4OS/c1-3-9-20-18-14(5-1)13-11-17-16-8-7-12(13)15-6-2-4-10-21-19-15/h1-11,16H. The van der Waals surface area contributed by atoms with E-state index in [-0.39, 0.29) is 0 Å². The maximum atomic E-state index is 5.09. The minimum atomic E-state index is 0.686. The quantitative estimate of drug-likeness (QED) is 0.797. The van der Waals surface area contributed by atoms with Crippen molar-refractivity contribution >= 4 is 29.6 Å². The van der Waals surface area contributed by atoms with Gasteiger partial charge in [-0.15, -0.1) is 0 Å². The molecule has 3 aliphatic heterocycles. The maximum absolute atomic E-state index is 5.09. The van der Waals surface area contributed by atoms with E-state index in [9.17, 15) is 0 Å². The van der Waals surface area contributed by atoms with Crippen LogP contribution >= 0.6 is 11.9 Å². The lowest BCUT2D eigenvalue weighted by Gasteiger charge is -2.07. The van der Waals surface area contributed by atoms with Crippen molar-refractivity contribution in [3.63, 3.8) is 0 Å². The molecule has 104 valence electrons. The van der Waals surface area contributed by atoms with Crippen molar-refractivity contribution in [2.45, 2.75) is 0 Å². The van der Waals surface area contributed by atoms with Crippen LogP contribution in [0.5, 0.6) is 0 Å². The molecular weight excluding hydrogens is 284 g/mol. The molecule has 0 fully saturated rings. The summed E-state index contributed by atoms with van der Waals surface area (Å²) in [4.78, 5) is 5.09. The van der Waals surface area contributed by atoms with E-state index in [2.05, 4.69) is 20.1 Å². The summed E-state index contributed by atoms with van der Waals surface area (Å²) in [6.07, 6.45) is 18.3. The Bertz CT molecular complexity index is 632. The van der Waals surface area contributed by atoms with Crippen LogP contribution in [0, 0.1) is 0 Å². The normalized spacial score (nSPS) is 20.2. The van der Waals surface area contributed by atoms with Crippen LogP contribution in [0.1, 0.15) is 0 Å². The largest absolute Gasteiger partial charge is 0.364 e. The Morgan fingerprint density at radius 1 is 0.952 bits per heavy atom. The molecule has 3 rings (SSSR count). The molecule has 0 radical (unpaired) electrons. The average Bonchev–Trinajstić information content (AvgIpc) is 3.01. The lowest BCUT2D eigenvalue weighted by atomic mass is 9.99. The Morgan fingerprint density at radius 3 is 2.86 bits per heavy atom. The first-order valence-corrected chi connectivity index (χ1v) is 7.13. The molecule has 21 heavy (non-hydrogen) atoms. The minimum Gasteiger partial charge on any atom is -0.364 e. The first-order valence-electron chi connectivity index (χ1n) is 6.29. The highest BCUT2D eigenvalue weighted by molar-refractivity contribution is 8.01. The average molecular weight is 296 g/mol. The van der Waals surface area contributed by atoms with Crippen LogP contribution in [0.15, 0.2) is 86.2 Å². The topological polar surface area (TPSA) is 58.3 Å². The van der Waals surface area contributed by atoms with Gasteiger partial charge in [0.1, 0.15) is 12.0 Å². The summed E-state index contributed by atoms with van der Waals surface area (Å²) in [5, 5.41) is 10.1. The molecule has 1 N–H and O–H groups in total. The van der Waals surface area contributed by atoms with Crippen molar-refractivity contribution < 1.29 is 4.84 Å². The summed E-state index contributed by atoms with van der Waals surface area (Å²) >= 11 is 1.39. The molecule has 3 aliphatic rings. The van der Waals surface area contributed by atoms with Gasteiger partial charge in [-0.3, -0.25) is 5.43 Å². The van der Waals surface area contributed by atoms with Crippen molar-refractivity contribution in [1.29, 1.82) is 0 Å². The lowest BCUT2D eigenvalue weighted by molar-refractivity contribution is 0.270. The molecule has 0 spiro atoms. The van der Waals surface area contributed by atoms with Gasteiger partial charge in [-0.2, -0.15) is 5.10 Å². The summed E-state index contributed by atoms with van der Waals surface area (Å²) < 4.78 is 4.48. The Kier molecular flexibility index (Phi) is 4.28. The molecule has 0 aromatic rings. The summed E-state index contributed by atoms with van der Waals surface area (Å²) in [5.41, 5.74) is 6.12. The number of hydrazone groups is 1. The van der Waals surface area contributed by atoms with E-state index < -0.39 is 0 Å². The van der Waals surface area contributed by atoms with E-state index in [4.69, 9.17) is 4.84 Å². The second-order valence-corrected chi connectivity index (χ2v) is 4.75.